The van der Waals surface area contributed by atoms with Crippen LogP contribution >= 0.6 is 11.8 Å². The van der Waals surface area contributed by atoms with Crippen LogP contribution in [0.5, 0.6) is 0 Å². The second-order valence-corrected chi connectivity index (χ2v) is 3.96. The Labute approximate surface area is 91.8 Å². The van der Waals surface area contributed by atoms with Gasteiger partial charge in [-0.25, -0.2) is 4.98 Å². The smallest absolute Gasteiger partial charge is 0.254 e. The molecule has 0 aliphatic carbocycles. The number of thioether (sulfide) groups is 1. The summed E-state index contributed by atoms with van der Waals surface area (Å²) in [6.45, 7) is 1.41. The minimum atomic E-state index is -0.927. The normalized spacial score (nSPS) is 12.8. The van der Waals surface area contributed by atoms with E-state index in [4.69, 9.17) is 5.11 Å². The minimum absolute atomic E-state index is 0.0722. The summed E-state index contributed by atoms with van der Waals surface area (Å²) in [6, 6.07) is 1.42. The molecule has 1 rings (SSSR count). The average Bonchev–Trinajstić information content (AvgIpc) is 2.22. The Bertz CT molecular complexity index is 391. The highest BCUT2D eigenvalue weighted by Crippen LogP contribution is 2.08. The van der Waals surface area contributed by atoms with E-state index in [0.717, 1.165) is 0 Å². The van der Waals surface area contributed by atoms with Crippen LogP contribution in [-0.4, -0.2) is 38.7 Å². The van der Waals surface area contributed by atoms with Gasteiger partial charge in [-0.3, -0.25) is 9.36 Å². The molecule has 0 aliphatic rings. The third-order valence-corrected chi connectivity index (χ3v) is 2.62. The Morgan fingerprint density at radius 1 is 1.67 bits per heavy atom. The number of hydrogen-bond donors (Lipinski definition) is 2. The molecule has 0 bridgehead atoms. The lowest BCUT2D eigenvalue weighted by Crippen LogP contribution is -2.30. The second-order valence-electron chi connectivity index (χ2n) is 3.13. The highest BCUT2D eigenvalue weighted by Gasteiger charge is 2.09. The van der Waals surface area contributed by atoms with Gasteiger partial charge in [0.1, 0.15) is 10.9 Å². The molecule has 0 amide bonds. The van der Waals surface area contributed by atoms with Crippen molar-refractivity contribution in [1.82, 2.24) is 9.55 Å². The molecule has 2 N–H and O–H groups in total. The van der Waals surface area contributed by atoms with E-state index in [-0.39, 0.29) is 18.7 Å². The fraction of sp³-hybridized carbons (Fsp3) is 0.556. The van der Waals surface area contributed by atoms with Crippen LogP contribution in [0.25, 0.3) is 0 Å². The Morgan fingerprint density at radius 2 is 2.33 bits per heavy atom. The van der Waals surface area contributed by atoms with Crippen LogP contribution in [-0.2, 0) is 6.54 Å². The number of aromatic nitrogens is 2. The van der Waals surface area contributed by atoms with E-state index in [2.05, 4.69) is 4.98 Å². The number of aliphatic hydroxyl groups is 2. The van der Waals surface area contributed by atoms with Gasteiger partial charge in [0.15, 0.2) is 0 Å². The molecule has 5 nitrogen and oxygen atoms in total. The number of aryl methyl sites for hydroxylation is 1. The zero-order chi connectivity index (χ0) is 11.4. The molecular formula is C9H14N2O3S. The third kappa shape index (κ3) is 3.05. The summed E-state index contributed by atoms with van der Waals surface area (Å²) in [5.74, 6) is 0.541. The van der Waals surface area contributed by atoms with E-state index in [9.17, 15) is 9.90 Å². The zero-order valence-electron chi connectivity index (χ0n) is 8.67. The van der Waals surface area contributed by atoms with Crippen LogP contribution < -0.4 is 5.56 Å². The molecule has 0 spiro atoms. The molecule has 1 aromatic heterocycles. The van der Waals surface area contributed by atoms with Gasteiger partial charge in [-0.15, -0.1) is 11.8 Å². The van der Waals surface area contributed by atoms with E-state index in [1.54, 1.807) is 6.92 Å². The van der Waals surface area contributed by atoms with Gasteiger partial charge in [-0.05, 0) is 13.2 Å². The van der Waals surface area contributed by atoms with Crippen LogP contribution in [0, 0.1) is 6.92 Å². The first-order chi connectivity index (χ1) is 7.08. The van der Waals surface area contributed by atoms with Crippen molar-refractivity contribution in [2.45, 2.75) is 24.6 Å². The summed E-state index contributed by atoms with van der Waals surface area (Å²) in [5, 5.41) is 18.6. The summed E-state index contributed by atoms with van der Waals surface area (Å²) in [4.78, 5) is 15.8. The van der Waals surface area contributed by atoms with Crippen molar-refractivity contribution in [2.24, 2.45) is 0 Å². The Morgan fingerprint density at radius 3 is 2.80 bits per heavy atom. The van der Waals surface area contributed by atoms with Crippen molar-refractivity contribution in [1.29, 1.82) is 0 Å². The van der Waals surface area contributed by atoms with Crippen molar-refractivity contribution in [3.05, 3.63) is 22.2 Å². The Kier molecular flexibility index (Phi) is 4.31. The van der Waals surface area contributed by atoms with Gasteiger partial charge < -0.3 is 10.2 Å². The quantitative estimate of drug-likeness (QED) is 0.545. The second kappa shape index (κ2) is 5.29. The standard InChI is InChI=1S/C9H14N2O3S/c1-6-10-8(15-2)3-9(14)11(6)4-7(13)5-12/h3,7,12-13H,4-5H2,1-2H3. The highest BCUT2D eigenvalue weighted by atomic mass is 32.2. The fourth-order valence-corrected chi connectivity index (χ4v) is 1.63. The lowest BCUT2D eigenvalue weighted by molar-refractivity contribution is 0.0795. The molecule has 0 aromatic carbocycles. The molecular weight excluding hydrogens is 216 g/mol. The molecule has 1 unspecified atom stereocenters. The summed E-state index contributed by atoms with van der Waals surface area (Å²) < 4.78 is 1.35. The van der Waals surface area contributed by atoms with Gasteiger partial charge in [0.2, 0.25) is 0 Å². The lowest BCUT2D eigenvalue weighted by Gasteiger charge is -2.12. The zero-order valence-corrected chi connectivity index (χ0v) is 9.49. The fourth-order valence-electron chi connectivity index (χ4n) is 1.19. The molecule has 0 fully saturated rings. The van der Waals surface area contributed by atoms with E-state index in [1.165, 1.54) is 22.4 Å². The van der Waals surface area contributed by atoms with Crippen molar-refractivity contribution < 1.29 is 10.2 Å². The first-order valence-electron chi connectivity index (χ1n) is 4.50. The summed E-state index contributed by atoms with van der Waals surface area (Å²) in [7, 11) is 0. The largest absolute Gasteiger partial charge is 0.394 e. The first-order valence-corrected chi connectivity index (χ1v) is 5.72. The van der Waals surface area contributed by atoms with E-state index in [0.29, 0.717) is 10.9 Å². The van der Waals surface area contributed by atoms with Crippen molar-refractivity contribution in [3.63, 3.8) is 0 Å². The molecule has 0 aliphatic heterocycles. The summed E-state index contributed by atoms with van der Waals surface area (Å²) in [5.41, 5.74) is -0.209. The molecule has 84 valence electrons. The maximum absolute atomic E-state index is 11.6. The van der Waals surface area contributed by atoms with Crippen LogP contribution in [0.15, 0.2) is 15.9 Å². The number of hydrogen-bond acceptors (Lipinski definition) is 5. The first kappa shape index (κ1) is 12.2. The third-order valence-electron chi connectivity index (χ3n) is 1.99. The van der Waals surface area contributed by atoms with Gasteiger partial charge in [-0.1, -0.05) is 0 Å². The van der Waals surface area contributed by atoms with Crippen LogP contribution in [0.2, 0.25) is 0 Å². The van der Waals surface area contributed by atoms with E-state index < -0.39 is 6.10 Å². The predicted octanol–water partition coefficient (Wildman–Crippen LogP) is -0.373. The van der Waals surface area contributed by atoms with Crippen molar-refractivity contribution in [3.8, 4) is 0 Å². The lowest BCUT2D eigenvalue weighted by atomic mass is 10.3. The SMILES string of the molecule is CSc1cc(=O)n(CC(O)CO)c(C)n1. The number of nitrogens with zero attached hydrogens (tertiary/aromatic N) is 2. The molecule has 1 heterocycles. The average molecular weight is 230 g/mol. The maximum atomic E-state index is 11.6. The van der Waals surface area contributed by atoms with Crippen LogP contribution in [0.3, 0.4) is 0 Å². The molecule has 0 saturated heterocycles. The Hall–Kier alpha value is -0.850. The monoisotopic (exact) mass is 230 g/mol. The Balaban J connectivity index is 3.03. The van der Waals surface area contributed by atoms with Crippen molar-refractivity contribution in [2.75, 3.05) is 12.9 Å². The van der Waals surface area contributed by atoms with Crippen LogP contribution in [0.4, 0.5) is 0 Å². The molecule has 1 aromatic rings. The molecule has 1 atom stereocenters. The molecule has 6 heteroatoms. The topological polar surface area (TPSA) is 75.4 Å². The van der Waals surface area contributed by atoms with Gasteiger partial charge in [0, 0.05) is 6.07 Å². The van der Waals surface area contributed by atoms with Gasteiger partial charge >= 0.3 is 0 Å². The molecule has 15 heavy (non-hydrogen) atoms. The summed E-state index contributed by atoms with van der Waals surface area (Å²) >= 11 is 1.39. The summed E-state index contributed by atoms with van der Waals surface area (Å²) in [6.07, 6.45) is 0.914. The van der Waals surface area contributed by atoms with Gasteiger partial charge in [-0.2, -0.15) is 0 Å². The van der Waals surface area contributed by atoms with Gasteiger partial charge in [0.05, 0.1) is 19.3 Å². The molecule has 0 radical (unpaired) electrons. The predicted molar refractivity (Wildman–Crippen MR) is 58.1 cm³/mol. The molecule has 0 saturated carbocycles. The number of rotatable bonds is 4. The van der Waals surface area contributed by atoms with E-state index in [1.807, 2.05) is 6.26 Å². The maximum Gasteiger partial charge on any atom is 0.254 e. The van der Waals surface area contributed by atoms with Crippen molar-refractivity contribution >= 4 is 11.8 Å². The number of aliphatic hydroxyl groups excluding tert-OH is 2. The van der Waals surface area contributed by atoms with E-state index >= 15 is 0 Å². The highest BCUT2D eigenvalue weighted by molar-refractivity contribution is 7.98. The van der Waals surface area contributed by atoms with Crippen LogP contribution in [0.1, 0.15) is 5.82 Å². The van der Waals surface area contributed by atoms with Gasteiger partial charge in [0.25, 0.3) is 5.56 Å². The minimum Gasteiger partial charge on any atom is -0.394 e.